The quantitative estimate of drug-likeness (QED) is 0.0203. The Bertz CT molecular complexity index is 3150. The molecule has 35 heteroatoms. The van der Waals surface area contributed by atoms with Gasteiger partial charge in [0.05, 0.1) is 39.6 Å². The summed E-state index contributed by atoms with van der Waals surface area (Å²) in [6.45, 7) is -4.57. The number of ether oxygens (including phenoxy) is 16. The van der Waals surface area contributed by atoms with Crippen molar-refractivity contribution in [2.24, 2.45) is 0 Å². The van der Waals surface area contributed by atoms with Crippen molar-refractivity contribution in [3.8, 4) is 23.0 Å². The number of benzene rings is 3. The van der Waals surface area contributed by atoms with Crippen LogP contribution in [0.15, 0.2) is 78.9 Å². The molecule has 530 valence electrons. The minimum atomic E-state index is -3.04. The predicted octanol–water partition coefficient (Wildman–Crippen LogP) is -4.96. The first-order valence-electron chi connectivity index (χ1n) is 29.6. The zero-order valence-electron chi connectivity index (χ0n) is 51.5. The van der Waals surface area contributed by atoms with Crippen LogP contribution in [0, 0.1) is 0 Å². The molecule has 0 saturated carbocycles. The van der Waals surface area contributed by atoms with Gasteiger partial charge < -0.3 is 147 Å². The summed E-state index contributed by atoms with van der Waals surface area (Å²) in [5, 5.41) is 154. The van der Waals surface area contributed by atoms with Gasteiger partial charge >= 0.3 is 29.8 Å². The molecule has 8 rings (SSSR count). The fraction of sp³-hybridized carbons (Fsp3) is 0.557. The molecule has 0 aliphatic carbocycles. The normalized spacial score (nSPS) is 35.4. The summed E-state index contributed by atoms with van der Waals surface area (Å²) < 4.78 is 94.3. The van der Waals surface area contributed by atoms with Gasteiger partial charge in [-0.1, -0.05) is 30.3 Å². The van der Waals surface area contributed by atoms with E-state index in [1.54, 1.807) is 6.07 Å². The smallest absolute Gasteiger partial charge is 0.338 e. The Hall–Kier alpha value is -7.15. The maximum atomic E-state index is 14.5. The summed E-state index contributed by atoms with van der Waals surface area (Å²) in [6.07, 6.45) is -46.1. The second-order valence-electron chi connectivity index (χ2n) is 22.4. The van der Waals surface area contributed by atoms with Crippen molar-refractivity contribution in [3.05, 3.63) is 95.6 Å². The van der Waals surface area contributed by atoms with E-state index in [4.69, 9.17) is 75.8 Å². The minimum absolute atomic E-state index is 0.000359. The third-order valence-electron chi connectivity index (χ3n) is 15.8. The molecule has 0 bridgehead atoms. The summed E-state index contributed by atoms with van der Waals surface area (Å²) in [7, 11) is 2.51. The number of hydrogen-bond donors (Lipinski definition) is 14. The molecule has 3 aromatic carbocycles. The number of aliphatic hydroxyl groups excluding tert-OH is 12. The molecule has 0 unspecified atom stereocenters. The van der Waals surface area contributed by atoms with Crippen LogP contribution in [0.5, 0.6) is 23.0 Å². The third-order valence-corrected chi connectivity index (χ3v) is 15.8. The van der Waals surface area contributed by atoms with Gasteiger partial charge in [-0.05, 0) is 59.7 Å². The number of phenols is 2. The van der Waals surface area contributed by atoms with Crippen molar-refractivity contribution in [3.63, 3.8) is 0 Å². The zero-order chi connectivity index (χ0) is 69.9. The van der Waals surface area contributed by atoms with E-state index in [9.17, 15) is 95.5 Å². The molecule has 3 aromatic rings. The molecule has 0 amide bonds. The van der Waals surface area contributed by atoms with Crippen LogP contribution in [-0.2, 0) is 85.5 Å². The van der Waals surface area contributed by atoms with Crippen molar-refractivity contribution < 1.29 is 171 Å². The highest BCUT2D eigenvalue weighted by atomic mass is 16.8. The molecule has 5 fully saturated rings. The molecule has 5 saturated heterocycles. The van der Waals surface area contributed by atoms with Crippen LogP contribution in [0.25, 0.3) is 12.2 Å². The van der Waals surface area contributed by atoms with Crippen LogP contribution in [0.1, 0.15) is 35.3 Å². The van der Waals surface area contributed by atoms with E-state index in [-0.39, 0.29) is 39.7 Å². The van der Waals surface area contributed by atoms with Gasteiger partial charge in [0.2, 0.25) is 5.79 Å². The highest BCUT2D eigenvalue weighted by Gasteiger charge is 2.64. The second-order valence-corrected chi connectivity index (χ2v) is 22.4. The number of methoxy groups -OCH3 is 2. The van der Waals surface area contributed by atoms with Gasteiger partial charge in [0.25, 0.3) is 0 Å². The Morgan fingerprint density at radius 3 is 1.48 bits per heavy atom. The van der Waals surface area contributed by atoms with Crippen molar-refractivity contribution in [1.82, 2.24) is 0 Å². The van der Waals surface area contributed by atoms with Gasteiger partial charge in [0.1, 0.15) is 124 Å². The van der Waals surface area contributed by atoms with E-state index in [1.807, 2.05) is 0 Å². The number of phenolic OH excluding ortho intramolecular Hbond substituents is 2. The number of rotatable bonds is 26. The first-order valence-corrected chi connectivity index (χ1v) is 29.6. The lowest BCUT2D eigenvalue weighted by molar-refractivity contribution is -0.423. The molecule has 24 atom stereocenters. The summed E-state index contributed by atoms with van der Waals surface area (Å²) in [5.74, 6) is -9.44. The molecule has 5 aliphatic rings. The first-order chi connectivity index (χ1) is 45.7. The van der Waals surface area contributed by atoms with Gasteiger partial charge in [-0.25, -0.2) is 14.4 Å². The van der Waals surface area contributed by atoms with E-state index >= 15 is 0 Å². The van der Waals surface area contributed by atoms with Crippen LogP contribution in [-0.4, -0.2) is 302 Å². The molecule has 35 nitrogen and oxygen atoms in total. The third kappa shape index (κ3) is 17.6. The number of hydrogen-bond acceptors (Lipinski definition) is 35. The summed E-state index contributed by atoms with van der Waals surface area (Å²) in [6, 6.07) is 14.9. The van der Waals surface area contributed by atoms with Gasteiger partial charge in [0.15, 0.2) is 60.4 Å². The first kappa shape index (κ1) is 74.6. The van der Waals surface area contributed by atoms with E-state index in [2.05, 4.69) is 0 Å². The monoisotopic (exact) mass is 1370 g/mol. The van der Waals surface area contributed by atoms with Crippen molar-refractivity contribution >= 4 is 42.0 Å². The molecule has 0 radical (unpaired) electrons. The average Bonchev–Trinajstić information content (AvgIpc) is 1.77. The van der Waals surface area contributed by atoms with Gasteiger partial charge in [0, 0.05) is 26.0 Å². The number of aliphatic hydroxyl groups is 12. The fourth-order valence-corrected chi connectivity index (χ4v) is 10.8. The van der Waals surface area contributed by atoms with Crippen molar-refractivity contribution in [2.45, 2.75) is 161 Å². The highest BCUT2D eigenvalue weighted by Crippen LogP contribution is 2.43. The van der Waals surface area contributed by atoms with Gasteiger partial charge in [-0.2, -0.15) is 0 Å². The lowest BCUT2D eigenvalue weighted by Gasteiger charge is -2.51. The van der Waals surface area contributed by atoms with E-state index < -0.39 is 216 Å². The average molecular weight is 1370 g/mol. The maximum absolute atomic E-state index is 14.5. The summed E-state index contributed by atoms with van der Waals surface area (Å²) >= 11 is 0. The summed E-state index contributed by atoms with van der Waals surface area (Å²) in [5.41, 5.74) is 0.304. The van der Waals surface area contributed by atoms with E-state index in [0.717, 1.165) is 32.1 Å². The van der Waals surface area contributed by atoms with Crippen LogP contribution < -0.4 is 9.47 Å². The lowest BCUT2D eigenvalue weighted by Crippen LogP contribution is -2.69. The molecule has 0 aromatic heterocycles. The van der Waals surface area contributed by atoms with Crippen LogP contribution >= 0.6 is 0 Å². The molecule has 96 heavy (non-hydrogen) atoms. The Balaban J connectivity index is 1.31. The van der Waals surface area contributed by atoms with Crippen LogP contribution in [0.4, 0.5) is 0 Å². The Morgan fingerprint density at radius 2 is 0.958 bits per heavy atom. The summed E-state index contributed by atoms with van der Waals surface area (Å²) in [4.78, 5) is 67.8. The predicted molar refractivity (Wildman–Crippen MR) is 310 cm³/mol. The largest absolute Gasteiger partial charge is 0.504 e. The molecular formula is C61H76O35. The van der Waals surface area contributed by atoms with Gasteiger partial charge in [-0.15, -0.1) is 0 Å². The Kier molecular flexibility index (Phi) is 26.0. The standard InChI is InChI=1S/C61H76O35/c1-26(65)83-23-38-44(73)52(91-57-48(77)46(75)42(71)35(20-62)86-57)50(79)59(88-38)92-53-51(90-41(70)17-13-29-11-15-32(68)34(19-29)82-4)39(24-84-27(2)66)89-60(54(53)93-58-49(78)47(76)43(72)36(21-63)87-58)96-61(25-85-40(69)16-12-28-10-14-31(67)33(18-28)81-3)55(45(74)37(22-64)95-61)94-56(80)30-8-6-5-7-9-30/h5-19,35-39,42-55,57-60,62-64,67-68,71-79H,20-25H2,1-4H3/t35-,36+,37+,38-,39+,42-,43+,44-,45+,46+,47-,48-,49+,50-,51+,52+,53-,54+,55-,57+,58-,59+,60-,61-/m0/s1. The number of carbonyl (C=O) groups is 5. The second kappa shape index (κ2) is 33.4. The SMILES string of the molecule is COc1cc(C=CC(=O)OC[C@@]2(O[C@@H]3O[C@H](COC(C)=O)[C@@H](OC(=O)C=Cc4ccc(O)c(OC)c4)[C@H](O[C@H]4O[C@@H](COC(C)=O)[C@H](O)[C@@H](O[C@H]5O[C@@H](CO)[C@H](O)[C@@H](O)[C@@H]5O)[C@@H]4O)[C@H]3O[C@@H]3O[C@H](CO)[C@@H](O)[C@H](O)[C@H]3O)O[C@H](CO)[C@@H](O)[C@@H]2OC(=O)c2ccccc2)ccc1O. The van der Waals surface area contributed by atoms with Crippen molar-refractivity contribution in [2.75, 3.05) is 53.9 Å². The van der Waals surface area contributed by atoms with Crippen LogP contribution in [0.2, 0.25) is 0 Å². The fourth-order valence-electron chi connectivity index (χ4n) is 10.8. The lowest BCUT2D eigenvalue weighted by atomic mass is 9.95. The van der Waals surface area contributed by atoms with Gasteiger partial charge in [-0.3, -0.25) is 9.59 Å². The highest BCUT2D eigenvalue weighted by molar-refractivity contribution is 5.90. The maximum Gasteiger partial charge on any atom is 0.338 e. The topological polar surface area (TPSA) is 516 Å². The number of esters is 5. The Morgan fingerprint density at radius 1 is 0.479 bits per heavy atom. The molecule has 5 heterocycles. The Labute approximate surface area is 545 Å². The molecule has 5 aliphatic heterocycles. The zero-order valence-corrected chi connectivity index (χ0v) is 51.5. The molecular weight excluding hydrogens is 1290 g/mol. The van der Waals surface area contributed by atoms with Crippen molar-refractivity contribution in [1.29, 1.82) is 0 Å². The molecule has 0 spiro atoms. The van der Waals surface area contributed by atoms with Crippen LogP contribution in [0.3, 0.4) is 0 Å². The number of aromatic hydroxyl groups is 2. The number of carbonyl (C=O) groups excluding carboxylic acids is 5. The minimum Gasteiger partial charge on any atom is -0.504 e. The van der Waals surface area contributed by atoms with E-state index in [1.165, 1.54) is 81.0 Å². The molecule has 14 N–H and O–H groups in total. The van der Waals surface area contributed by atoms with E-state index in [0.29, 0.717) is 0 Å².